The molecule has 0 atom stereocenters. The Labute approximate surface area is 102 Å². The molecule has 0 aliphatic carbocycles. The van der Waals surface area contributed by atoms with Gasteiger partial charge in [0.25, 0.3) is 0 Å². The highest BCUT2D eigenvalue weighted by atomic mass is 19.1. The van der Waals surface area contributed by atoms with Crippen LogP contribution in [0.5, 0.6) is 5.88 Å². The molecule has 0 bridgehead atoms. The third kappa shape index (κ3) is 2.27. The summed E-state index contributed by atoms with van der Waals surface area (Å²) >= 11 is 0. The van der Waals surface area contributed by atoms with Gasteiger partial charge >= 0.3 is 5.97 Å². The van der Waals surface area contributed by atoms with Crippen LogP contribution in [0.25, 0.3) is 17.1 Å². The average Bonchev–Trinajstić information content (AvgIpc) is 2.36. The van der Waals surface area contributed by atoms with Crippen molar-refractivity contribution in [2.24, 2.45) is 0 Å². The van der Waals surface area contributed by atoms with Crippen LogP contribution < -0.4 is 4.74 Å². The van der Waals surface area contributed by atoms with E-state index in [-0.39, 0.29) is 11.1 Å². The van der Waals surface area contributed by atoms with Gasteiger partial charge in [-0.2, -0.15) is 0 Å². The van der Waals surface area contributed by atoms with E-state index in [4.69, 9.17) is 9.84 Å². The summed E-state index contributed by atoms with van der Waals surface area (Å²) in [5, 5.41) is 8.57. The van der Waals surface area contributed by atoms with Gasteiger partial charge in [-0.05, 0) is 12.1 Å². The molecule has 2 aromatic heterocycles. The topological polar surface area (TPSA) is 72.3 Å². The van der Waals surface area contributed by atoms with Crippen LogP contribution in [0.3, 0.4) is 0 Å². The second-order valence-corrected chi connectivity index (χ2v) is 3.41. The number of pyridine rings is 2. The van der Waals surface area contributed by atoms with Crippen molar-refractivity contribution in [1.29, 1.82) is 0 Å². The Kier molecular flexibility index (Phi) is 3.18. The monoisotopic (exact) mass is 248 g/mol. The molecule has 5 nitrogen and oxygen atoms in total. The average molecular weight is 248 g/mol. The number of rotatable bonds is 3. The molecule has 0 aliphatic rings. The first-order valence-corrected chi connectivity index (χ1v) is 5.02. The fraction of sp³-hybridized carbons (Fsp3) is 0.0833. The third-order valence-electron chi connectivity index (χ3n) is 2.28. The summed E-state index contributed by atoms with van der Waals surface area (Å²) in [7, 11) is 1.44. The van der Waals surface area contributed by atoms with E-state index in [9.17, 15) is 9.18 Å². The Hall–Kier alpha value is -2.50. The molecular weight excluding hydrogens is 239 g/mol. The first-order valence-electron chi connectivity index (χ1n) is 5.02. The molecule has 92 valence electrons. The van der Waals surface area contributed by atoms with Gasteiger partial charge in [0.1, 0.15) is 5.52 Å². The molecule has 18 heavy (non-hydrogen) atoms. The maximum atomic E-state index is 13.6. The normalized spacial score (nSPS) is 11.0. The fourth-order valence-corrected chi connectivity index (χ4v) is 1.47. The Morgan fingerprint density at radius 3 is 2.94 bits per heavy atom. The Morgan fingerprint density at radius 1 is 1.50 bits per heavy atom. The molecule has 0 radical (unpaired) electrons. The standard InChI is InChI=1S/C12H9FN2O3/c1-18-10-4-3-9-12(15-10)7(2-5-11(16)17)8(13)6-14-9/h2-6H,1H3,(H,16,17). The maximum absolute atomic E-state index is 13.6. The van der Waals surface area contributed by atoms with Crippen molar-refractivity contribution in [3.63, 3.8) is 0 Å². The zero-order valence-corrected chi connectivity index (χ0v) is 9.42. The van der Waals surface area contributed by atoms with E-state index in [1.54, 1.807) is 12.1 Å². The minimum atomic E-state index is -1.16. The van der Waals surface area contributed by atoms with Crippen LogP contribution in [-0.2, 0) is 4.79 Å². The van der Waals surface area contributed by atoms with E-state index in [0.29, 0.717) is 11.4 Å². The molecular formula is C12H9FN2O3. The van der Waals surface area contributed by atoms with Crippen molar-refractivity contribution >= 4 is 23.1 Å². The van der Waals surface area contributed by atoms with Gasteiger partial charge in [0.05, 0.1) is 18.8 Å². The molecule has 1 N–H and O–H groups in total. The summed E-state index contributed by atoms with van der Waals surface area (Å²) in [6, 6.07) is 3.22. The minimum Gasteiger partial charge on any atom is -0.481 e. The minimum absolute atomic E-state index is 0.0706. The summed E-state index contributed by atoms with van der Waals surface area (Å²) in [6.45, 7) is 0. The second-order valence-electron chi connectivity index (χ2n) is 3.41. The Morgan fingerprint density at radius 2 is 2.28 bits per heavy atom. The number of fused-ring (bicyclic) bond motifs is 1. The SMILES string of the molecule is COc1ccc2ncc(F)c(C=CC(=O)O)c2n1. The molecule has 0 unspecified atom stereocenters. The molecule has 2 aromatic rings. The van der Waals surface area contributed by atoms with E-state index in [1.165, 1.54) is 7.11 Å². The van der Waals surface area contributed by atoms with Gasteiger partial charge in [0.2, 0.25) is 5.88 Å². The zero-order valence-electron chi connectivity index (χ0n) is 9.42. The van der Waals surface area contributed by atoms with Crippen LogP contribution in [0.15, 0.2) is 24.4 Å². The van der Waals surface area contributed by atoms with Gasteiger partial charge in [-0.25, -0.2) is 14.2 Å². The van der Waals surface area contributed by atoms with Gasteiger partial charge in [0.15, 0.2) is 5.82 Å². The molecule has 0 fully saturated rings. The lowest BCUT2D eigenvalue weighted by Gasteiger charge is -2.04. The first-order chi connectivity index (χ1) is 8.61. The predicted octanol–water partition coefficient (Wildman–Crippen LogP) is 1.88. The quantitative estimate of drug-likeness (QED) is 0.839. The van der Waals surface area contributed by atoms with E-state index < -0.39 is 11.8 Å². The number of ether oxygens (including phenoxy) is 1. The molecule has 0 aliphatic heterocycles. The largest absolute Gasteiger partial charge is 0.481 e. The predicted molar refractivity (Wildman–Crippen MR) is 62.7 cm³/mol. The fourth-order valence-electron chi connectivity index (χ4n) is 1.47. The Bertz CT molecular complexity index is 641. The molecule has 2 heterocycles. The number of carbonyl (C=O) groups is 1. The van der Waals surface area contributed by atoms with E-state index >= 15 is 0 Å². The van der Waals surface area contributed by atoms with Gasteiger partial charge in [-0.15, -0.1) is 0 Å². The van der Waals surface area contributed by atoms with Gasteiger partial charge < -0.3 is 9.84 Å². The van der Waals surface area contributed by atoms with Gasteiger partial charge in [-0.1, -0.05) is 0 Å². The van der Waals surface area contributed by atoms with Crippen LogP contribution in [0, 0.1) is 5.82 Å². The molecule has 0 aromatic carbocycles. The van der Waals surface area contributed by atoms with Crippen molar-refractivity contribution in [3.05, 3.63) is 35.8 Å². The molecule has 2 rings (SSSR count). The first kappa shape index (κ1) is 12.0. The molecule has 0 spiro atoms. The van der Waals surface area contributed by atoms with Crippen molar-refractivity contribution in [2.75, 3.05) is 7.11 Å². The highest BCUT2D eigenvalue weighted by molar-refractivity contribution is 5.91. The molecule has 0 amide bonds. The number of aromatic nitrogens is 2. The summed E-state index contributed by atoms with van der Waals surface area (Å²) < 4.78 is 18.6. The van der Waals surface area contributed by atoms with Crippen molar-refractivity contribution < 1.29 is 19.0 Å². The summed E-state index contributed by atoms with van der Waals surface area (Å²) in [5.41, 5.74) is 0.787. The van der Waals surface area contributed by atoms with E-state index in [0.717, 1.165) is 18.3 Å². The number of aliphatic carboxylic acids is 1. The lowest BCUT2D eigenvalue weighted by atomic mass is 10.1. The zero-order chi connectivity index (χ0) is 13.1. The van der Waals surface area contributed by atoms with Crippen molar-refractivity contribution in [3.8, 4) is 5.88 Å². The molecule has 0 saturated heterocycles. The second kappa shape index (κ2) is 4.79. The number of methoxy groups -OCH3 is 1. The summed E-state index contributed by atoms with van der Waals surface area (Å²) in [6.07, 6.45) is 3.02. The highest BCUT2D eigenvalue weighted by Crippen LogP contribution is 2.21. The van der Waals surface area contributed by atoms with Crippen molar-refractivity contribution in [2.45, 2.75) is 0 Å². The molecule has 6 heteroatoms. The third-order valence-corrected chi connectivity index (χ3v) is 2.28. The van der Waals surface area contributed by atoms with Crippen LogP contribution in [0.4, 0.5) is 4.39 Å². The van der Waals surface area contributed by atoms with E-state index in [1.807, 2.05) is 0 Å². The lowest BCUT2D eigenvalue weighted by Crippen LogP contribution is -1.95. The van der Waals surface area contributed by atoms with Crippen LogP contribution >= 0.6 is 0 Å². The van der Waals surface area contributed by atoms with E-state index in [2.05, 4.69) is 9.97 Å². The van der Waals surface area contributed by atoms with Gasteiger partial charge in [0, 0.05) is 17.7 Å². The summed E-state index contributed by atoms with van der Waals surface area (Å²) in [5.74, 6) is -1.50. The van der Waals surface area contributed by atoms with Crippen LogP contribution in [0.2, 0.25) is 0 Å². The number of hydrogen-bond acceptors (Lipinski definition) is 4. The maximum Gasteiger partial charge on any atom is 0.328 e. The molecule has 0 saturated carbocycles. The number of nitrogens with zero attached hydrogens (tertiary/aromatic N) is 2. The smallest absolute Gasteiger partial charge is 0.328 e. The van der Waals surface area contributed by atoms with Crippen LogP contribution in [0.1, 0.15) is 5.56 Å². The number of hydrogen-bond donors (Lipinski definition) is 1. The number of carboxylic acids is 1. The number of carboxylic acid groups (broad SMARTS) is 1. The highest BCUT2D eigenvalue weighted by Gasteiger charge is 2.09. The Balaban J connectivity index is 2.67. The number of halogens is 1. The van der Waals surface area contributed by atoms with Gasteiger partial charge in [-0.3, -0.25) is 4.98 Å². The van der Waals surface area contributed by atoms with Crippen LogP contribution in [-0.4, -0.2) is 28.2 Å². The lowest BCUT2D eigenvalue weighted by molar-refractivity contribution is -0.131. The van der Waals surface area contributed by atoms with Crippen molar-refractivity contribution in [1.82, 2.24) is 9.97 Å². The summed E-state index contributed by atoms with van der Waals surface area (Å²) in [4.78, 5) is 18.4.